The predicted octanol–water partition coefficient (Wildman–Crippen LogP) is 1.15. The van der Waals surface area contributed by atoms with E-state index in [1.54, 1.807) is 88.4 Å². The van der Waals surface area contributed by atoms with Gasteiger partial charge in [0.1, 0.15) is 31.6 Å². The minimum atomic E-state index is -4.83. The molecule has 0 radical (unpaired) electrons. The van der Waals surface area contributed by atoms with Gasteiger partial charge in [-0.15, -0.1) is 0 Å². The average Bonchev–Trinajstić information content (AvgIpc) is 3.55. The molecule has 19 heteroatoms. The van der Waals surface area contributed by atoms with Crippen molar-refractivity contribution in [2.45, 2.75) is 68.9 Å². The number of ether oxygens (including phenoxy) is 5. The fourth-order valence-corrected chi connectivity index (χ4v) is 6.47. The van der Waals surface area contributed by atoms with Gasteiger partial charge in [-0.1, -0.05) is 60.7 Å². The van der Waals surface area contributed by atoms with E-state index >= 15 is 0 Å². The zero-order valence-electron chi connectivity index (χ0n) is 25.8. The van der Waals surface area contributed by atoms with Crippen LogP contribution in [0.2, 0.25) is 0 Å². The Morgan fingerprint density at radius 1 is 0.957 bits per heavy atom. The van der Waals surface area contributed by atoms with Crippen molar-refractivity contribution in [3.8, 4) is 0 Å². The van der Waals surface area contributed by atoms with Crippen molar-refractivity contribution in [2.24, 2.45) is 5.14 Å². The number of hydrogen-bond acceptors (Lipinski definition) is 12. The molecule has 0 unspecified atom stereocenters. The minimum Gasteiger partial charge on any atom is -0.343 e. The summed E-state index contributed by atoms with van der Waals surface area (Å²) in [5, 5.41) is 7.53. The van der Waals surface area contributed by atoms with Crippen molar-refractivity contribution in [1.29, 1.82) is 0 Å². The van der Waals surface area contributed by atoms with E-state index in [0.29, 0.717) is 16.0 Å². The Kier molecular flexibility index (Phi) is 9.48. The van der Waals surface area contributed by atoms with Crippen LogP contribution in [0.3, 0.4) is 0 Å². The molecule has 4 fully saturated rings. The van der Waals surface area contributed by atoms with Gasteiger partial charge in [0.2, 0.25) is 5.79 Å². The summed E-state index contributed by atoms with van der Waals surface area (Å²) >= 11 is 0. The highest BCUT2D eigenvalue weighted by molar-refractivity contribution is 7.84. The monoisotopic (exact) mass is 701 g/mol. The average molecular weight is 702 g/mol. The molecule has 4 saturated heterocycles. The van der Waals surface area contributed by atoms with Crippen LogP contribution in [-0.2, 0) is 57.6 Å². The van der Waals surface area contributed by atoms with E-state index in [9.17, 15) is 22.6 Å². The molecule has 258 valence electrons. The number of phosphoric ester groups is 1. The van der Waals surface area contributed by atoms with Crippen LogP contribution in [-0.4, -0.2) is 90.7 Å². The number of imide groups is 1. The van der Waals surface area contributed by atoms with E-state index in [4.69, 9.17) is 42.8 Å². The summed E-state index contributed by atoms with van der Waals surface area (Å²) in [6.45, 7) is 5.86. The molecule has 0 bridgehead atoms. The Morgan fingerprint density at radius 2 is 1.53 bits per heavy atom. The highest BCUT2D eigenvalue weighted by Gasteiger charge is 2.66. The van der Waals surface area contributed by atoms with Crippen molar-refractivity contribution < 1.29 is 64.7 Å². The van der Waals surface area contributed by atoms with Crippen LogP contribution in [0, 0.1) is 0 Å². The second-order valence-electron chi connectivity index (χ2n) is 12.0. The number of fused-ring (bicyclic) bond motifs is 3. The number of nitrogens with two attached hydrogens (primary N) is 1. The molecule has 6 rings (SSSR count). The summed E-state index contributed by atoms with van der Waals surface area (Å²) in [7, 11) is -8.97. The lowest BCUT2D eigenvalue weighted by atomic mass is 9.83. The van der Waals surface area contributed by atoms with Crippen LogP contribution in [0.5, 0.6) is 0 Å². The van der Waals surface area contributed by atoms with Crippen molar-refractivity contribution in [2.75, 3.05) is 19.9 Å². The number of phosphoric acid groups is 1. The lowest BCUT2D eigenvalue weighted by molar-refractivity contribution is -0.290. The van der Waals surface area contributed by atoms with E-state index in [0.717, 1.165) is 0 Å². The van der Waals surface area contributed by atoms with E-state index in [1.165, 1.54) is 0 Å². The molecule has 0 aliphatic carbocycles. The van der Waals surface area contributed by atoms with E-state index in [2.05, 4.69) is 9.84 Å². The largest absolute Gasteiger partial charge is 0.471 e. The number of benzene rings is 2. The number of urea groups is 1. The van der Waals surface area contributed by atoms with Gasteiger partial charge in [-0.05, 0) is 38.8 Å². The Morgan fingerprint density at radius 3 is 2.06 bits per heavy atom. The molecule has 0 spiro atoms. The molecule has 2 aromatic rings. The molecular weight excluding hydrogens is 665 g/mol. The number of hydrogen-bond donors (Lipinski definition) is 4. The minimum absolute atomic E-state index is 0.165. The second-order valence-corrected chi connectivity index (χ2v) is 14.4. The molecule has 5 N–H and O–H groups in total. The van der Waals surface area contributed by atoms with Crippen LogP contribution in [0.25, 0.3) is 0 Å². The normalized spacial score (nSPS) is 29.0. The Hall–Kier alpha value is -2.84. The third kappa shape index (κ3) is 7.59. The molecule has 3 amide bonds. The highest BCUT2D eigenvalue weighted by atomic mass is 32.2. The maximum Gasteiger partial charge on any atom is 0.471 e. The first-order valence-electron chi connectivity index (χ1n) is 14.3. The first-order valence-corrected chi connectivity index (χ1v) is 17.3. The van der Waals surface area contributed by atoms with Gasteiger partial charge < -0.3 is 38.8 Å². The fourth-order valence-electron chi connectivity index (χ4n) is 5.87. The summed E-state index contributed by atoms with van der Waals surface area (Å²) in [6.07, 6.45) is -1.50. The smallest absolute Gasteiger partial charge is 0.343 e. The van der Waals surface area contributed by atoms with Crippen molar-refractivity contribution in [3.05, 3.63) is 71.8 Å². The molecule has 2 aromatic carbocycles. The quantitative estimate of drug-likeness (QED) is 0.224. The molecule has 4 aliphatic rings. The van der Waals surface area contributed by atoms with Gasteiger partial charge >= 0.3 is 24.2 Å². The number of rotatable bonds is 8. The van der Waals surface area contributed by atoms with Gasteiger partial charge in [0.15, 0.2) is 17.1 Å². The maximum atomic E-state index is 13.1. The predicted molar refractivity (Wildman–Crippen MR) is 159 cm³/mol. The maximum absolute atomic E-state index is 13.1. The molecule has 4 atom stereocenters. The van der Waals surface area contributed by atoms with Crippen LogP contribution >= 0.6 is 7.82 Å². The van der Waals surface area contributed by atoms with Gasteiger partial charge in [-0.25, -0.2) is 19.4 Å². The molecule has 47 heavy (non-hydrogen) atoms. The van der Waals surface area contributed by atoms with Gasteiger partial charge in [-0.3, -0.25) is 13.5 Å². The SMILES string of the molecule is CC1(C)O[C@@H]2[C@@H](CO[C@@]3(COS(N)(=O)=O)OC(C)(C)O[C@@H]23)O1.O=C1NC(c2ccccc2)(c2ccccc2)C(=O)N1COP(=O)(O)O. The molecule has 0 aromatic heterocycles. The standard InChI is InChI=1S/C16H15N2O6P.C12H21NO8S/c19-14-16(12-7-3-1-4-8-12,13-9-5-2-6-10-13)17-15(20)18(14)11-24-25(21,22)23;1-10(2)18-7-5-16-12(6-17-22(13,14)15)9(8(7)19-10)20-11(3,4)21-12/h1-10H,11H2,(H,17,20)(H2,21,22,23);7-9H,5-6H2,1-4H3,(H2,13,14,15)/t;7-,8-,9+,12+/m.1/s1. The van der Waals surface area contributed by atoms with Crippen molar-refractivity contribution in [1.82, 2.24) is 10.2 Å². The van der Waals surface area contributed by atoms with Crippen LogP contribution in [0.1, 0.15) is 38.8 Å². The first kappa shape index (κ1) is 35.5. The number of carbonyl (C=O) groups is 2. The second kappa shape index (κ2) is 12.6. The number of nitrogens with one attached hydrogen (secondary N) is 1. The van der Waals surface area contributed by atoms with Gasteiger partial charge in [0.25, 0.3) is 5.91 Å². The number of amides is 3. The lowest BCUT2D eigenvalue weighted by Crippen LogP contribution is -2.60. The molecular formula is C28H36N3O14PS. The summed E-state index contributed by atoms with van der Waals surface area (Å²) in [5.74, 6) is -3.87. The Balaban J connectivity index is 0.000000186. The van der Waals surface area contributed by atoms with Crippen molar-refractivity contribution >= 4 is 30.1 Å². The van der Waals surface area contributed by atoms with Crippen LogP contribution < -0.4 is 10.5 Å². The molecule has 17 nitrogen and oxygen atoms in total. The third-order valence-corrected chi connectivity index (χ3v) is 8.47. The van der Waals surface area contributed by atoms with Crippen LogP contribution in [0.4, 0.5) is 4.79 Å². The van der Waals surface area contributed by atoms with E-state index < -0.39 is 78.5 Å². The third-order valence-electron chi connectivity index (χ3n) is 7.57. The topological polar surface area (TPSA) is 232 Å². The lowest BCUT2D eigenvalue weighted by Gasteiger charge is -2.40. The summed E-state index contributed by atoms with van der Waals surface area (Å²) < 4.78 is 71.1. The van der Waals surface area contributed by atoms with Crippen LogP contribution in [0.15, 0.2) is 60.7 Å². The Labute approximate surface area is 270 Å². The zero-order valence-corrected chi connectivity index (χ0v) is 27.5. The molecule has 0 saturated carbocycles. The van der Waals surface area contributed by atoms with Gasteiger partial charge in [0.05, 0.1) is 6.61 Å². The number of carbonyl (C=O) groups excluding carboxylic acids is 2. The first-order chi connectivity index (χ1) is 21.8. The number of nitrogens with zero attached hydrogens (tertiary/aromatic N) is 1. The molecule has 4 aliphatic heterocycles. The summed E-state index contributed by atoms with van der Waals surface area (Å²) in [4.78, 5) is 43.7. The fraction of sp³-hybridized carbons (Fsp3) is 0.500. The molecule has 4 heterocycles. The Bertz CT molecular complexity index is 1600. The highest BCUT2D eigenvalue weighted by Crippen LogP contribution is 2.47. The zero-order chi connectivity index (χ0) is 34.5. The van der Waals surface area contributed by atoms with Gasteiger partial charge in [-0.2, -0.15) is 8.42 Å². The van der Waals surface area contributed by atoms with Gasteiger partial charge in [0, 0.05) is 0 Å². The summed E-state index contributed by atoms with van der Waals surface area (Å²) in [5.41, 5.74) is -0.436. The summed E-state index contributed by atoms with van der Waals surface area (Å²) in [6, 6.07) is 16.4. The van der Waals surface area contributed by atoms with E-state index in [-0.39, 0.29) is 12.7 Å². The van der Waals surface area contributed by atoms with E-state index in [1.807, 2.05) is 0 Å². The van der Waals surface area contributed by atoms with Crippen molar-refractivity contribution in [3.63, 3.8) is 0 Å².